The van der Waals surface area contributed by atoms with E-state index in [1.54, 1.807) is 7.11 Å². The van der Waals surface area contributed by atoms with Crippen molar-refractivity contribution in [1.29, 1.82) is 0 Å². The Kier molecular flexibility index (Phi) is 7.94. The lowest BCUT2D eigenvalue weighted by Gasteiger charge is -2.51. The molecule has 2 aliphatic rings. The van der Waals surface area contributed by atoms with Gasteiger partial charge in [0.1, 0.15) is 18.3 Å². The minimum atomic E-state index is -2.85. The quantitative estimate of drug-likeness (QED) is 0.597. The van der Waals surface area contributed by atoms with Gasteiger partial charge in [-0.25, -0.2) is 4.79 Å². The van der Waals surface area contributed by atoms with E-state index in [1.807, 2.05) is 0 Å². The molecule has 0 saturated carbocycles. The van der Waals surface area contributed by atoms with E-state index in [0.717, 1.165) is 0 Å². The van der Waals surface area contributed by atoms with Gasteiger partial charge in [0, 0.05) is 19.4 Å². The van der Waals surface area contributed by atoms with Gasteiger partial charge in [-0.2, -0.15) is 0 Å². The van der Waals surface area contributed by atoms with Gasteiger partial charge in [-0.1, -0.05) is 55.4 Å². The zero-order chi connectivity index (χ0) is 24.7. The first-order valence-corrected chi connectivity index (χ1v) is 15.9. The van der Waals surface area contributed by atoms with Gasteiger partial charge < -0.3 is 22.4 Å². The summed E-state index contributed by atoms with van der Waals surface area (Å²) in [5.74, 6) is 0. The van der Waals surface area contributed by atoms with Crippen molar-refractivity contribution in [2.24, 2.45) is 0 Å². The highest BCUT2D eigenvalue weighted by Gasteiger charge is 2.62. The number of H-pyrrole nitrogens is 1. The molecule has 0 aliphatic carbocycles. The zero-order valence-corrected chi connectivity index (χ0v) is 23.3. The van der Waals surface area contributed by atoms with Crippen LogP contribution in [0, 0.1) is 0 Å². The molecule has 11 heteroatoms. The minimum absolute atomic E-state index is 0.164. The normalized spacial score (nSPS) is 29.5. The van der Waals surface area contributed by atoms with Crippen molar-refractivity contribution >= 4 is 17.1 Å². The molecule has 9 nitrogen and oxygen atoms in total. The molecule has 4 atom stereocenters. The van der Waals surface area contributed by atoms with Crippen molar-refractivity contribution < 1.29 is 22.4 Å². The maximum atomic E-state index is 12.5. The third kappa shape index (κ3) is 4.61. The predicted molar refractivity (Wildman–Crippen MR) is 130 cm³/mol. The van der Waals surface area contributed by atoms with Crippen molar-refractivity contribution in [3.8, 4) is 0 Å². The standard InChI is InChI=1S/C22H40N2O7Si2/c1-13(2)32(14(3)4)28-12-17-19(30-33(31-32,15(5)6)16(7)8)20(27-9)21(29-17)24-11-10-18(25)23-22(24)26/h10-11,13-17,19-21H,12H2,1-9H3,(H,23,25,26)/t17-,19-,20+,21-/m1/s1. The maximum Gasteiger partial charge on any atom is 0.335 e. The van der Waals surface area contributed by atoms with Crippen LogP contribution in [0.4, 0.5) is 0 Å². The number of aromatic nitrogens is 2. The number of ether oxygens (including phenoxy) is 2. The Bertz CT molecular complexity index is 914. The molecule has 0 amide bonds. The fourth-order valence-corrected chi connectivity index (χ4v) is 16.4. The number of rotatable bonds is 6. The van der Waals surface area contributed by atoms with Crippen molar-refractivity contribution in [2.75, 3.05) is 13.7 Å². The van der Waals surface area contributed by atoms with E-state index in [-0.39, 0.29) is 22.2 Å². The fraction of sp³-hybridized carbons (Fsp3) is 0.818. The number of hydrogen-bond acceptors (Lipinski definition) is 7. The Morgan fingerprint density at radius 2 is 1.58 bits per heavy atom. The Morgan fingerprint density at radius 3 is 2.06 bits per heavy atom. The van der Waals surface area contributed by atoms with E-state index in [1.165, 1.54) is 16.8 Å². The van der Waals surface area contributed by atoms with Gasteiger partial charge in [-0.05, 0) is 22.2 Å². The second-order valence-electron chi connectivity index (χ2n) is 10.3. The molecule has 0 unspecified atom stereocenters. The smallest absolute Gasteiger partial charge is 0.335 e. The van der Waals surface area contributed by atoms with Crippen LogP contribution >= 0.6 is 0 Å². The molecule has 1 aromatic rings. The molecule has 0 radical (unpaired) electrons. The monoisotopic (exact) mass is 500 g/mol. The van der Waals surface area contributed by atoms with Gasteiger partial charge in [0.25, 0.3) is 5.56 Å². The van der Waals surface area contributed by atoms with Crippen LogP contribution in [0.3, 0.4) is 0 Å². The molecule has 1 aromatic heterocycles. The summed E-state index contributed by atoms with van der Waals surface area (Å²) in [6.07, 6.45) is -0.790. The summed E-state index contributed by atoms with van der Waals surface area (Å²) in [4.78, 5) is 26.4. The second-order valence-corrected chi connectivity index (χ2v) is 19.2. The molecule has 0 aromatic carbocycles. The first-order chi connectivity index (χ1) is 15.4. The van der Waals surface area contributed by atoms with Crippen molar-refractivity contribution in [1.82, 2.24) is 9.55 Å². The Balaban J connectivity index is 2.12. The molecule has 1 N–H and O–H groups in total. The van der Waals surface area contributed by atoms with Crippen LogP contribution in [0.1, 0.15) is 61.6 Å². The topological polar surface area (TPSA) is 101 Å². The number of aromatic amines is 1. The highest BCUT2D eigenvalue weighted by atomic mass is 28.5. The molecule has 3 rings (SSSR count). The van der Waals surface area contributed by atoms with E-state index in [9.17, 15) is 9.59 Å². The largest absolute Gasteiger partial charge is 0.414 e. The van der Waals surface area contributed by atoms with Crippen molar-refractivity contribution in [3.63, 3.8) is 0 Å². The number of hydrogen-bond donors (Lipinski definition) is 1. The Hall–Kier alpha value is -1.09. The van der Waals surface area contributed by atoms with E-state index in [4.69, 9.17) is 22.4 Å². The van der Waals surface area contributed by atoms with Gasteiger partial charge in [0.05, 0.1) is 6.61 Å². The molecule has 188 valence electrons. The third-order valence-corrected chi connectivity index (χ3v) is 17.3. The van der Waals surface area contributed by atoms with Gasteiger partial charge in [0.2, 0.25) is 0 Å². The van der Waals surface area contributed by atoms with Crippen LogP contribution in [0.5, 0.6) is 0 Å². The molecule has 3 heterocycles. The van der Waals surface area contributed by atoms with Crippen LogP contribution in [0.15, 0.2) is 21.9 Å². The minimum Gasteiger partial charge on any atom is -0.414 e. The molecular weight excluding hydrogens is 460 g/mol. The summed E-state index contributed by atoms with van der Waals surface area (Å²) in [7, 11) is -3.96. The number of nitrogens with one attached hydrogen (secondary N) is 1. The second kappa shape index (κ2) is 9.88. The van der Waals surface area contributed by atoms with Gasteiger partial charge in [0.15, 0.2) is 6.23 Å². The zero-order valence-electron chi connectivity index (χ0n) is 21.3. The molecule has 0 spiro atoms. The van der Waals surface area contributed by atoms with Crippen LogP contribution in [0.2, 0.25) is 22.2 Å². The fourth-order valence-electron chi connectivity index (χ4n) is 5.23. The molecule has 33 heavy (non-hydrogen) atoms. The summed E-state index contributed by atoms with van der Waals surface area (Å²) in [6.45, 7) is 17.6. The third-order valence-electron chi connectivity index (χ3n) is 7.01. The molecular formula is C22H40N2O7Si2. The maximum absolute atomic E-state index is 12.5. The first kappa shape index (κ1) is 26.5. The van der Waals surface area contributed by atoms with E-state index >= 15 is 0 Å². The van der Waals surface area contributed by atoms with Gasteiger partial charge in [-0.3, -0.25) is 14.3 Å². The summed E-state index contributed by atoms with van der Waals surface area (Å²) in [5.41, 5.74) is -0.241. The van der Waals surface area contributed by atoms with Crippen LogP contribution < -0.4 is 11.2 Å². The van der Waals surface area contributed by atoms with E-state index in [2.05, 4.69) is 60.4 Å². The average Bonchev–Trinajstić information content (AvgIpc) is 3.03. The molecule has 0 bridgehead atoms. The number of methoxy groups -OCH3 is 1. The highest BCUT2D eigenvalue weighted by Crippen LogP contribution is 2.48. The van der Waals surface area contributed by atoms with Crippen LogP contribution in [0.25, 0.3) is 0 Å². The molecule has 2 aliphatic heterocycles. The predicted octanol–water partition coefficient (Wildman–Crippen LogP) is 3.41. The number of fused-ring (bicyclic) bond motifs is 1. The lowest BCUT2D eigenvalue weighted by atomic mass is 10.1. The SMILES string of the molecule is CO[C@H]1[C@@H]2O[Si](C(C)C)(C(C)C)O[Si](C(C)C)(C(C)C)OC[C@H]2O[C@H]1n1ccc(=O)[nH]c1=O. The average molecular weight is 501 g/mol. The van der Waals surface area contributed by atoms with E-state index in [0.29, 0.717) is 6.61 Å². The molecule has 2 saturated heterocycles. The summed E-state index contributed by atoms with van der Waals surface area (Å²) in [6, 6.07) is 1.30. The number of nitrogens with zero attached hydrogens (tertiary/aromatic N) is 1. The molecule has 2 fully saturated rings. The highest BCUT2D eigenvalue weighted by molar-refractivity contribution is 6.83. The van der Waals surface area contributed by atoms with Crippen LogP contribution in [-0.2, 0) is 22.4 Å². The van der Waals surface area contributed by atoms with Gasteiger partial charge >= 0.3 is 22.8 Å². The van der Waals surface area contributed by atoms with E-state index < -0.39 is 52.9 Å². The summed E-state index contributed by atoms with van der Waals surface area (Å²) in [5, 5.41) is 0. The Labute approximate surface area is 198 Å². The summed E-state index contributed by atoms with van der Waals surface area (Å²) < 4.78 is 34.5. The first-order valence-electron chi connectivity index (χ1n) is 11.9. The summed E-state index contributed by atoms with van der Waals surface area (Å²) >= 11 is 0. The lowest BCUT2D eigenvalue weighted by molar-refractivity contribution is -0.0639. The lowest BCUT2D eigenvalue weighted by Crippen LogP contribution is -2.65. The van der Waals surface area contributed by atoms with Gasteiger partial charge in [-0.15, -0.1) is 0 Å². The Morgan fingerprint density at radius 1 is 1.00 bits per heavy atom. The van der Waals surface area contributed by atoms with Crippen molar-refractivity contribution in [3.05, 3.63) is 33.1 Å². The van der Waals surface area contributed by atoms with Crippen LogP contribution in [-0.4, -0.2) is 58.7 Å². The van der Waals surface area contributed by atoms with Crippen molar-refractivity contribution in [2.45, 2.75) is 102 Å².